The number of carbonyl (C=O) groups excluding carboxylic acids is 1. The smallest absolute Gasteiger partial charge is 0.243 e. The second kappa shape index (κ2) is 7.56. The lowest BCUT2D eigenvalue weighted by Gasteiger charge is -2.24. The zero-order chi connectivity index (χ0) is 19.7. The maximum Gasteiger partial charge on any atom is 0.243 e. The summed E-state index contributed by atoms with van der Waals surface area (Å²) in [6.07, 6.45) is 2.71. The monoisotopic (exact) mass is 399 g/mol. The summed E-state index contributed by atoms with van der Waals surface area (Å²) < 4.78 is 27.0. The van der Waals surface area contributed by atoms with Gasteiger partial charge in [-0.05, 0) is 56.0 Å². The Kier molecular flexibility index (Phi) is 5.12. The van der Waals surface area contributed by atoms with Gasteiger partial charge in [-0.25, -0.2) is 8.42 Å². The molecule has 0 aliphatic carbocycles. The number of benzene rings is 2. The molecule has 28 heavy (non-hydrogen) atoms. The molecule has 0 spiro atoms. The third-order valence-corrected chi connectivity index (χ3v) is 7.38. The summed E-state index contributed by atoms with van der Waals surface area (Å²) in [5, 5.41) is 2.86. The summed E-state index contributed by atoms with van der Waals surface area (Å²) in [7, 11) is -3.50. The maximum absolute atomic E-state index is 12.7. The predicted octanol–water partition coefficient (Wildman–Crippen LogP) is 2.86. The van der Waals surface area contributed by atoms with Crippen molar-refractivity contribution in [2.45, 2.75) is 37.1 Å². The van der Waals surface area contributed by atoms with Crippen LogP contribution in [0, 0.1) is 0 Å². The molecule has 1 amide bonds. The molecule has 7 heteroatoms. The van der Waals surface area contributed by atoms with Crippen molar-refractivity contribution in [2.75, 3.05) is 29.9 Å². The van der Waals surface area contributed by atoms with Gasteiger partial charge in [0.1, 0.15) is 0 Å². The van der Waals surface area contributed by atoms with Crippen molar-refractivity contribution in [3.63, 3.8) is 0 Å². The van der Waals surface area contributed by atoms with Crippen molar-refractivity contribution in [3.05, 3.63) is 54.1 Å². The number of sulfonamides is 1. The predicted molar refractivity (Wildman–Crippen MR) is 110 cm³/mol. The molecule has 148 valence electrons. The number of rotatable bonds is 5. The fourth-order valence-electron chi connectivity index (χ4n) is 4.04. The van der Waals surface area contributed by atoms with Gasteiger partial charge in [0, 0.05) is 30.5 Å². The van der Waals surface area contributed by atoms with E-state index in [0.717, 1.165) is 24.9 Å². The number of fused-ring (bicyclic) bond motifs is 1. The second-order valence-electron chi connectivity index (χ2n) is 7.50. The van der Waals surface area contributed by atoms with Gasteiger partial charge < -0.3 is 10.2 Å². The lowest BCUT2D eigenvalue weighted by Crippen LogP contribution is -2.37. The average Bonchev–Trinajstić information content (AvgIpc) is 3.31. The molecule has 4 rings (SSSR count). The molecule has 1 N–H and O–H groups in total. The van der Waals surface area contributed by atoms with E-state index in [0.29, 0.717) is 18.8 Å². The molecular formula is C21H25N3O3S. The van der Waals surface area contributed by atoms with Crippen molar-refractivity contribution >= 4 is 27.3 Å². The standard InChI is InChI=1S/C21H25N3O3S/c1-16-13-17-7-2-3-10-20(17)24(16)15-21(25)22-18-8-6-9-19(14-18)28(26,27)23-11-4-5-12-23/h2-3,6-10,14,16H,4-5,11-13,15H2,1H3,(H,22,25). The van der Waals surface area contributed by atoms with E-state index < -0.39 is 10.0 Å². The summed E-state index contributed by atoms with van der Waals surface area (Å²) in [4.78, 5) is 14.9. The van der Waals surface area contributed by atoms with Gasteiger partial charge in [-0.15, -0.1) is 0 Å². The van der Waals surface area contributed by atoms with Crippen LogP contribution in [-0.2, 0) is 21.2 Å². The Balaban J connectivity index is 1.47. The third-order valence-electron chi connectivity index (χ3n) is 5.48. The highest BCUT2D eigenvalue weighted by molar-refractivity contribution is 7.89. The van der Waals surface area contributed by atoms with Crippen LogP contribution in [0.3, 0.4) is 0 Å². The summed E-state index contributed by atoms with van der Waals surface area (Å²) in [5.41, 5.74) is 2.85. The van der Waals surface area contributed by atoms with E-state index in [2.05, 4.69) is 23.2 Å². The Bertz CT molecular complexity index is 984. The van der Waals surface area contributed by atoms with Crippen LogP contribution in [0.2, 0.25) is 0 Å². The van der Waals surface area contributed by atoms with E-state index in [1.54, 1.807) is 24.3 Å². The van der Waals surface area contributed by atoms with Gasteiger partial charge in [-0.3, -0.25) is 4.79 Å². The van der Waals surface area contributed by atoms with Crippen molar-refractivity contribution in [1.82, 2.24) is 4.31 Å². The first kappa shape index (κ1) is 19.0. The average molecular weight is 400 g/mol. The summed E-state index contributed by atoms with van der Waals surface area (Å²) in [5.74, 6) is -0.153. The Hall–Kier alpha value is -2.38. The minimum absolute atomic E-state index is 0.153. The molecular weight excluding hydrogens is 374 g/mol. The van der Waals surface area contributed by atoms with Gasteiger partial charge in [0.05, 0.1) is 11.4 Å². The summed E-state index contributed by atoms with van der Waals surface area (Å²) >= 11 is 0. The first-order valence-corrected chi connectivity index (χ1v) is 11.1. The van der Waals surface area contributed by atoms with Crippen LogP contribution in [-0.4, -0.2) is 44.3 Å². The Morgan fingerprint density at radius 2 is 1.86 bits per heavy atom. The van der Waals surface area contributed by atoms with Crippen LogP contribution in [0.1, 0.15) is 25.3 Å². The fourth-order valence-corrected chi connectivity index (χ4v) is 5.60. The largest absolute Gasteiger partial charge is 0.359 e. The zero-order valence-corrected chi connectivity index (χ0v) is 16.8. The number of amides is 1. The number of anilines is 2. The number of carbonyl (C=O) groups is 1. The molecule has 0 aromatic heterocycles. The number of para-hydroxylation sites is 1. The molecule has 0 radical (unpaired) electrons. The highest BCUT2D eigenvalue weighted by Gasteiger charge is 2.28. The number of nitrogens with zero attached hydrogens (tertiary/aromatic N) is 2. The molecule has 1 atom stereocenters. The Morgan fingerprint density at radius 3 is 2.64 bits per heavy atom. The molecule has 1 saturated heterocycles. The van der Waals surface area contributed by atoms with Crippen molar-refractivity contribution in [3.8, 4) is 0 Å². The van der Waals surface area contributed by atoms with E-state index in [4.69, 9.17) is 0 Å². The van der Waals surface area contributed by atoms with E-state index in [9.17, 15) is 13.2 Å². The topological polar surface area (TPSA) is 69.7 Å². The molecule has 2 aromatic carbocycles. The van der Waals surface area contributed by atoms with Gasteiger partial charge in [0.15, 0.2) is 0 Å². The highest BCUT2D eigenvalue weighted by atomic mass is 32.2. The molecule has 2 heterocycles. The Labute approximate surface area is 166 Å². The van der Waals surface area contributed by atoms with Crippen molar-refractivity contribution in [1.29, 1.82) is 0 Å². The van der Waals surface area contributed by atoms with Gasteiger partial charge in [0.2, 0.25) is 15.9 Å². The number of nitrogens with one attached hydrogen (secondary N) is 1. The van der Waals surface area contributed by atoms with Gasteiger partial charge >= 0.3 is 0 Å². The highest BCUT2D eigenvalue weighted by Crippen LogP contribution is 2.31. The van der Waals surface area contributed by atoms with Gasteiger partial charge in [-0.1, -0.05) is 24.3 Å². The van der Waals surface area contributed by atoms with E-state index in [1.807, 2.05) is 18.2 Å². The Morgan fingerprint density at radius 1 is 1.11 bits per heavy atom. The first-order valence-electron chi connectivity index (χ1n) is 9.70. The third kappa shape index (κ3) is 3.64. The van der Waals surface area contributed by atoms with E-state index >= 15 is 0 Å². The van der Waals surface area contributed by atoms with Crippen LogP contribution < -0.4 is 10.2 Å². The van der Waals surface area contributed by atoms with Crippen LogP contribution in [0.25, 0.3) is 0 Å². The molecule has 1 fully saturated rings. The molecule has 2 aliphatic rings. The van der Waals surface area contributed by atoms with Crippen LogP contribution in [0.15, 0.2) is 53.4 Å². The number of hydrogen-bond acceptors (Lipinski definition) is 4. The summed E-state index contributed by atoms with van der Waals surface area (Å²) in [6.45, 7) is 3.47. The molecule has 0 saturated carbocycles. The minimum atomic E-state index is -3.50. The molecule has 1 unspecified atom stereocenters. The van der Waals surface area contributed by atoms with Crippen LogP contribution in [0.5, 0.6) is 0 Å². The van der Waals surface area contributed by atoms with Crippen molar-refractivity contribution in [2.24, 2.45) is 0 Å². The fraction of sp³-hybridized carbons (Fsp3) is 0.381. The molecule has 2 aliphatic heterocycles. The van der Waals surface area contributed by atoms with Gasteiger partial charge in [-0.2, -0.15) is 4.31 Å². The summed E-state index contributed by atoms with van der Waals surface area (Å²) in [6, 6.07) is 14.9. The van der Waals surface area contributed by atoms with E-state index in [-0.39, 0.29) is 23.4 Å². The number of hydrogen-bond donors (Lipinski definition) is 1. The lowest BCUT2D eigenvalue weighted by molar-refractivity contribution is -0.115. The molecule has 0 bridgehead atoms. The lowest BCUT2D eigenvalue weighted by atomic mass is 10.1. The molecule has 2 aromatic rings. The normalized spacial score (nSPS) is 19.6. The first-order chi connectivity index (χ1) is 13.4. The molecule has 6 nitrogen and oxygen atoms in total. The second-order valence-corrected chi connectivity index (χ2v) is 9.43. The van der Waals surface area contributed by atoms with Gasteiger partial charge in [0.25, 0.3) is 0 Å². The van der Waals surface area contributed by atoms with Crippen molar-refractivity contribution < 1.29 is 13.2 Å². The maximum atomic E-state index is 12.7. The quantitative estimate of drug-likeness (QED) is 0.839. The SMILES string of the molecule is CC1Cc2ccccc2N1CC(=O)Nc1cccc(S(=O)(=O)N2CCCC2)c1. The minimum Gasteiger partial charge on any atom is -0.359 e. The van der Waals surface area contributed by atoms with Crippen LogP contribution in [0.4, 0.5) is 11.4 Å². The van der Waals surface area contributed by atoms with Crippen LogP contribution >= 0.6 is 0 Å². The van der Waals surface area contributed by atoms with E-state index in [1.165, 1.54) is 9.87 Å². The zero-order valence-electron chi connectivity index (χ0n) is 16.0.